The van der Waals surface area contributed by atoms with Gasteiger partial charge in [-0.25, -0.2) is 4.98 Å². The van der Waals surface area contributed by atoms with Gasteiger partial charge in [0.1, 0.15) is 0 Å². The number of hydrogen-bond donors (Lipinski definition) is 0. The highest BCUT2D eigenvalue weighted by Gasteiger charge is 2.28. The van der Waals surface area contributed by atoms with Crippen molar-refractivity contribution in [1.82, 2.24) is 9.97 Å². The Balaban J connectivity index is 2.33. The lowest BCUT2D eigenvalue weighted by atomic mass is 10.2. The molecule has 0 aliphatic heterocycles. The third-order valence-corrected chi connectivity index (χ3v) is 2.15. The van der Waals surface area contributed by atoms with Crippen LogP contribution in [-0.4, -0.2) is 24.2 Å². The SMILES string of the molecule is COc1ncc(C2CC2)c(OC)n1. The fraction of sp³-hybridized carbons (Fsp3) is 0.556. The van der Waals surface area contributed by atoms with E-state index >= 15 is 0 Å². The molecule has 70 valence electrons. The van der Waals surface area contributed by atoms with Crippen molar-refractivity contribution >= 4 is 0 Å². The summed E-state index contributed by atoms with van der Waals surface area (Å²) in [5, 5.41) is 0. The van der Waals surface area contributed by atoms with Crippen LogP contribution >= 0.6 is 0 Å². The summed E-state index contributed by atoms with van der Waals surface area (Å²) in [6, 6.07) is 0.362. The highest BCUT2D eigenvalue weighted by molar-refractivity contribution is 5.31. The second kappa shape index (κ2) is 3.20. The van der Waals surface area contributed by atoms with Gasteiger partial charge in [-0.1, -0.05) is 0 Å². The van der Waals surface area contributed by atoms with Crippen molar-refractivity contribution in [2.75, 3.05) is 14.2 Å². The highest BCUT2D eigenvalue weighted by atomic mass is 16.5. The molecule has 1 aromatic rings. The summed E-state index contributed by atoms with van der Waals surface area (Å²) in [4.78, 5) is 8.17. The standard InChI is InChI=1S/C9H12N2O2/c1-12-8-7(6-3-4-6)5-10-9(11-8)13-2/h5-6H,3-4H2,1-2H3. The molecular formula is C9H12N2O2. The summed E-state index contributed by atoms with van der Waals surface area (Å²) in [5.41, 5.74) is 1.10. The molecule has 1 aliphatic carbocycles. The van der Waals surface area contributed by atoms with Gasteiger partial charge in [-0.05, 0) is 18.8 Å². The molecule has 13 heavy (non-hydrogen) atoms. The van der Waals surface area contributed by atoms with Crippen LogP contribution in [0.3, 0.4) is 0 Å². The Labute approximate surface area is 76.9 Å². The second-order valence-corrected chi connectivity index (χ2v) is 3.10. The van der Waals surface area contributed by atoms with Gasteiger partial charge >= 0.3 is 6.01 Å². The lowest BCUT2D eigenvalue weighted by Crippen LogP contribution is -1.98. The molecular weight excluding hydrogens is 168 g/mol. The minimum Gasteiger partial charge on any atom is -0.481 e. The fourth-order valence-corrected chi connectivity index (χ4v) is 1.30. The van der Waals surface area contributed by atoms with Crippen molar-refractivity contribution in [2.24, 2.45) is 0 Å². The number of aromatic nitrogens is 2. The third kappa shape index (κ3) is 1.56. The molecule has 0 amide bonds. The summed E-state index contributed by atoms with van der Waals surface area (Å²) < 4.78 is 10.1. The molecule has 1 heterocycles. The zero-order valence-electron chi connectivity index (χ0n) is 7.78. The molecule has 1 fully saturated rings. The van der Waals surface area contributed by atoms with E-state index < -0.39 is 0 Å². The van der Waals surface area contributed by atoms with Gasteiger partial charge in [-0.15, -0.1) is 0 Å². The normalized spacial score (nSPS) is 15.5. The molecule has 0 aromatic carbocycles. The van der Waals surface area contributed by atoms with Crippen LogP contribution in [0, 0.1) is 0 Å². The lowest BCUT2D eigenvalue weighted by Gasteiger charge is -2.06. The zero-order valence-corrected chi connectivity index (χ0v) is 7.78. The largest absolute Gasteiger partial charge is 0.481 e. The number of hydrogen-bond acceptors (Lipinski definition) is 4. The first-order chi connectivity index (χ1) is 6.35. The van der Waals surface area contributed by atoms with Gasteiger partial charge in [0.15, 0.2) is 0 Å². The molecule has 1 saturated carbocycles. The lowest BCUT2D eigenvalue weighted by molar-refractivity contribution is 0.349. The van der Waals surface area contributed by atoms with E-state index in [0.717, 1.165) is 5.56 Å². The fourth-order valence-electron chi connectivity index (χ4n) is 1.30. The van der Waals surface area contributed by atoms with Crippen molar-refractivity contribution < 1.29 is 9.47 Å². The van der Waals surface area contributed by atoms with Crippen molar-refractivity contribution in [2.45, 2.75) is 18.8 Å². The van der Waals surface area contributed by atoms with Crippen molar-refractivity contribution in [3.63, 3.8) is 0 Å². The number of methoxy groups -OCH3 is 2. The van der Waals surface area contributed by atoms with Gasteiger partial charge in [0, 0.05) is 11.8 Å². The Hall–Kier alpha value is -1.32. The minimum absolute atomic E-state index is 0.362. The average molecular weight is 180 g/mol. The molecule has 0 spiro atoms. The van der Waals surface area contributed by atoms with E-state index in [-0.39, 0.29) is 0 Å². The van der Waals surface area contributed by atoms with Crippen LogP contribution in [0.2, 0.25) is 0 Å². The summed E-state index contributed by atoms with van der Waals surface area (Å²) in [7, 11) is 3.17. The summed E-state index contributed by atoms with van der Waals surface area (Å²) >= 11 is 0. The monoisotopic (exact) mass is 180 g/mol. The molecule has 0 radical (unpaired) electrons. The van der Waals surface area contributed by atoms with Crippen molar-refractivity contribution in [1.29, 1.82) is 0 Å². The number of nitrogens with zero attached hydrogens (tertiary/aromatic N) is 2. The maximum atomic E-state index is 5.16. The quantitative estimate of drug-likeness (QED) is 0.704. The van der Waals surface area contributed by atoms with Crippen molar-refractivity contribution in [3.8, 4) is 11.9 Å². The molecule has 0 unspecified atom stereocenters. The van der Waals surface area contributed by atoms with E-state index in [2.05, 4.69) is 9.97 Å². The van der Waals surface area contributed by atoms with Crippen LogP contribution in [-0.2, 0) is 0 Å². The maximum absolute atomic E-state index is 5.16. The molecule has 0 saturated heterocycles. The van der Waals surface area contributed by atoms with Gasteiger partial charge in [0.25, 0.3) is 0 Å². The first-order valence-corrected chi connectivity index (χ1v) is 4.30. The van der Waals surface area contributed by atoms with Crippen LogP contribution in [0.4, 0.5) is 0 Å². The first-order valence-electron chi connectivity index (χ1n) is 4.30. The van der Waals surface area contributed by atoms with Crippen LogP contribution in [0.15, 0.2) is 6.20 Å². The average Bonchev–Trinajstić information content (AvgIpc) is 3.00. The summed E-state index contributed by atoms with van der Waals surface area (Å²) in [6.45, 7) is 0. The molecule has 4 nitrogen and oxygen atoms in total. The van der Waals surface area contributed by atoms with Gasteiger partial charge in [0.2, 0.25) is 5.88 Å². The number of ether oxygens (including phenoxy) is 2. The topological polar surface area (TPSA) is 44.2 Å². The summed E-state index contributed by atoms with van der Waals surface area (Å²) in [6.07, 6.45) is 4.22. The van der Waals surface area contributed by atoms with Gasteiger partial charge in [-0.3, -0.25) is 0 Å². The van der Waals surface area contributed by atoms with Crippen LogP contribution < -0.4 is 9.47 Å². The smallest absolute Gasteiger partial charge is 0.319 e. The predicted octanol–water partition coefficient (Wildman–Crippen LogP) is 1.37. The Morgan fingerprint density at radius 2 is 2.08 bits per heavy atom. The van der Waals surface area contributed by atoms with Crippen LogP contribution in [0.25, 0.3) is 0 Å². The van der Waals surface area contributed by atoms with E-state index in [1.54, 1.807) is 20.4 Å². The van der Waals surface area contributed by atoms with Crippen LogP contribution in [0.1, 0.15) is 24.3 Å². The molecule has 1 aromatic heterocycles. The van der Waals surface area contributed by atoms with Crippen LogP contribution in [0.5, 0.6) is 11.9 Å². The van der Waals surface area contributed by atoms with Gasteiger partial charge in [-0.2, -0.15) is 4.98 Å². The summed E-state index contributed by atoms with van der Waals surface area (Å²) in [5.74, 6) is 1.25. The Morgan fingerprint density at radius 1 is 1.31 bits per heavy atom. The molecule has 0 bridgehead atoms. The van der Waals surface area contributed by atoms with E-state index in [0.29, 0.717) is 17.8 Å². The number of rotatable bonds is 3. The third-order valence-electron chi connectivity index (χ3n) is 2.15. The highest BCUT2D eigenvalue weighted by Crippen LogP contribution is 2.43. The van der Waals surface area contributed by atoms with Gasteiger partial charge < -0.3 is 9.47 Å². The maximum Gasteiger partial charge on any atom is 0.319 e. The van der Waals surface area contributed by atoms with E-state index in [1.807, 2.05) is 0 Å². The molecule has 1 aliphatic rings. The minimum atomic E-state index is 0.362. The molecule has 0 atom stereocenters. The first kappa shape index (κ1) is 8.29. The molecule has 0 N–H and O–H groups in total. The Morgan fingerprint density at radius 3 is 2.62 bits per heavy atom. The Bertz CT molecular complexity index is 310. The Kier molecular flexibility index (Phi) is 2.04. The molecule has 2 rings (SSSR count). The van der Waals surface area contributed by atoms with E-state index in [9.17, 15) is 0 Å². The molecule has 4 heteroatoms. The van der Waals surface area contributed by atoms with Gasteiger partial charge in [0.05, 0.1) is 14.2 Å². The van der Waals surface area contributed by atoms with E-state index in [1.165, 1.54) is 12.8 Å². The second-order valence-electron chi connectivity index (χ2n) is 3.10. The van der Waals surface area contributed by atoms with E-state index in [4.69, 9.17) is 9.47 Å². The zero-order chi connectivity index (χ0) is 9.26. The predicted molar refractivity (Wildman–Crippen MR) is 47.1 cm³/mol. The van der Waals surface area contributed by atoms with Crippen molar-refractivity contribution in [3.05, 3.63) is 11.8 Å².